The molecule has 1 N–H and O–H groups in total. The van der Waals surface area contributed by atoms with Crippen molar-refractivity contribution in [1.29, 1.82) is 0 Å². The van der Waals surface area contributed by atoms with Gasteiger partial charge >= 0.3 is 0 Å². The topological polar surface area (TPSA) is 57.2 Å². The smallest absolute Gasteiger partial charge is 0.242 e. The van der Waals surface area contributed by atoms with Crippen LogP contribution in [0.3, 0.4) is 0 Å². The molecule has 1 aromatic carbocycles. The van der Waals surface area contributed by atoms with Crippen molar-refractivity contribution in [2.45, 2.75) is 20.8 Å². The summed E-state index contributed by atoms with van der Waals surface area (Å²) in [5, 5.41) is 3.16. The number of carbonyl (C=O) groups is 1. The molecule has 0 saturated heterocycles. The van der Waals surface area contributed by atoms with E-state index >= 15 is 0 Å². The SMILES string of the molecule is CCNC(=NCCOc1cccc(F)c1)N(C)CC(=O)N(CC)CC.I. The second-order valence-electron chi connectivity index (χ2n) is 5.46. The van der Waals surface area contributed by atoms with Crippen LogP contribution in [0.5, 0.6) is 5.75 Å². The van der Waals surface area contributed by atoms with Crippen LogP contribution in [-0.2, 0) is 4.79 Å². The summed E-state index contributed by atoms with van der Waals surface area (Å²) in [6, 6.07) is 6.01. The lowest BCUT2D eigenvalue weighted by Crippen LogP contribution is -2.45. The average Bonchev–Trinajstić information content (AvgIpc) is 2.58. The highest BCUT2D eigenvalue weighted by Gasteiger charge is 2.14. The number of likely N-dealkylation sites (N-methyl/N-ethyl adjacent to an activating group) is 2. The third kappa shape index (κ3) is 8.68. The Morgan fingerprint density at radius 1 is 1.27 bits per heavy atom. The molecule has 8 heteroatoms. The summed E-state index contributed by atoms with van der Waals surface area (Å²) in [6.07, 6.45) is 0. The maximum atomic E-state index is 13.1. The zero-order chi connectivity index (χ0) is 18.7. The molecule has 0 spiro atoms. The minimum absolute atomic E-state index is 0. The predicted molar refractivity (Wildman–Crippen MR) is 114 cm³/mol. The number of halogens is 2. The maximum Gasteiger partial charge on any atom is 0.242 e. The van der Waals surface area contributed by atoms with Crippen molar-refractivity contribution in [3.05, 3.63) is 30.1 Å². The van der Waals surface area contributed by atoms with Crippen LogP contribution in [0.25, 0.3) is 0 Å². The second-order valence-corrected chi connectivity index (χ2v) is 5.46. The van der Waals surface area contributed by atoms with Crippen LogP contribution in [0.15, 0.2) is 29.3 Å². The van der Waals surface area contributed by atoms with Crippen molar-refractivity contribution in [2.24, 2.45) is 4.99 Å². The molecule has 0 aromatic heterocycles. The highest BCUT2D eigenvalue weighted by Crippen LogP contribution is 2.11. The molecular weight excluding hydrogens is 450 g/mol. The van der Waals surface area contributed by atoms with E-state index in [1.807, 2.05) is 27.8 Å². The summed E-state index contributed by atoms with van der Waals surface area (Å²) >= 11 is 0. The molecule has 0 aliphatic carbocycles. The summed E-state index contributed by atoms with van der Waals surface area (Å²) in [6.45, 7) is 8.98. The van der Waals surface area contributed by atoms with Gasteiger partial charge in [-0.25, -0.2) is 9.38 Å². The number of nitrogens with zero attached hydrogens (tertiary/aromatic N) is 3. The van der Waals surface area contributed by atoms with Gasteiger partial charge in [0.15, 0.2) is 5.96 Å². The number of hydrogen-bond acceptors (Lipinski definition) is 3. The van der Waals surface area contributed by atoms with Crippen LogP contribution in [0.2, 0.25) is 0 Å². The second kappa shape index (κ2) is 13.6. The number of aliphatic imine (C=N–C) groups is 1. The van der Waals surface area contributed by atoms with Crippen LogP contribution in [0.1, 0.15) is 20.8 Å². The van der Waals surface area contributed by atoms with Crippen LogP contribution in [-0.4, -0.2) is 68.0 Å². The van der Waals surface area contributed by atoms with Gasteiger partial charge in [0.25, 0.3) is 0 Å². The zero-order valence-electron chi connectivity index (χ0n) is 16.0. The third-order valence-corrected chi connectivity index (χ3v) is 3.60. The molecule has 1 aromatic rings. The molecule has 26 heavy (non-hydrogen) atoms. The number of guanidine groups is 1. The first-order chi connectivity index (χ1) is 12.0. The fraction of sp³-hybridized carbons (Fsp3) is 0.556. The lowest BCUT2D eigenvalue weighted by atomic mass is 10.3. The molecule has 0 unspecified atom stereocenters. The summed E-state index contributed by atoms with van der Waals surface area (Å²) in [4.78, 5) is 20.3. The van der Waals surface area contributed by atoms with Gasteiger partial charge < -0.3 is 19.9 Å². The predicted octanol–water partition coefficient (Wildman–Crippen LogP) is 2.59. The van der Waals surface area contributed by atoms with Crippen molar-refractivity contribution >= 4 is 35.8 Å². The van der Waals surface area contributed by atoms with E-state index < -0.39 is 0 Å². The van der Waals surface area contributed by atoms with Gasteiger partial charge in [-0.1, -0.05) is 6.07 Å². The maximum absolute atomic E-state index is 13.1. The number of carbonyl (C=O) groups excluding carboxylic acids is 1. The zero-order valence-corrected chi connectivity index (χ0v) is 18.3. The molecule has 0 saturated carbocycles. The molecule has 0 heterocycles. The normalized spacial score (nSPS) is 10.7. The fourth-order valence-electron chi connectivity index (χ4n) is 2.30. The van der Waals surface area contributed by atoms with E-state index in [1.165, 1.54) is 12.1 Å². The van der Waals surface area contributed by atoms with E-state index in [0.29, 0.717) is 44.5 Å². The Bertz CT molecular complexity index is 568. The summed E-state index contributed by atoms with van der Waals surface area (Å²) in [5.74, 6) is 0.856. The van der Waals surface area contributed by atoms with Crippen molar-refractivity contribution in [3.8, 4) is 5.75 Å². The van der Waals surface area contributed by atoms with Crippen LogP contribution < -0.4 is 10.1 Å². The van der Waals surface area contributed by atoms with Crippen molar-refractivity contribution < 1.29 is 13.9 Å². The van der Waals surface area contributed by atoms with Crippen LogP contribution >= 0.6 is 24.0 Å². The molecule has 0 aliphatic rings. The van der Waals surface area contributed by atoms with Gasteiger partial charge in [-0.2, -0.15) is 0 Å². The number of nitrogens with one attached hydrogen (secondary N) is 1. The van der Waals surface area contributed by atoms with Crippen molar-refractivity contribution in [1.82, 2.24) is 15.1 Å². The van der Waals surface area contributed by atoms with E-state index in [4.69, 9.17) is 4.74 Å². The molecule has 6 nitrogen and oxygen atoms in total. The Hall–Kier alpha value is -1.58. The number of benzene rings is 1. The van der Waals surface area contributed by atoms with Gasteiger partial charge in [0.1, 0.15) is 18.2 Å². The third-order valence-electron chi connectivity index (χ3n) is 3.60. The van der Waals surface area contributed by atoms with E-state index in [9.17, 15) is 9.18 Å². The van der Waals surface area contributed by atoms with E-state index in [1.54, 1.807) is 21.9 Å². The van der Waals surface area contributed by atoms with Gasteiger partial charge in [0.2, 0.25) is 5.91 Å². The number of ether oxygens (including phenoxy) is 1. The van der Waals surface area contributed by atoms with Crippen LogP contribution in [0, 0.1) is 5.82 Å². The van der Waals surface area contributed by atoms with Crippen LogP contribution in [0.4, 0.5) is 4.39 Å². The van der Waals surface area contributed by atoms with Gasteiger partial charge in [0.05, 0.1) is 13.1 Å². The monoisotopic (exact) mass is 480 g/mol. The summed E-state index contributed by atoms with van der Waals surface area (Å²) < 4.78 is 18.6. The van der Waals surface area contributed by atoms with Gasteiger partial charge in [-0.15, -0.1) is 24.0 Å². The quantitative estimate of drug-likeness (QED) is 0.256. The lowest BCUT2D eigenvalue weighted by molar-refractivity contribution is -0.131. The summed E-state index contributed by atoms with van der Waals surface area (Å²) in [5.41, 5.74) is 0. The van der Waals surface area contributed by atoms with Gasteiger partial charge in [-0.05, 0) is 32.9 Å². The molecule has 148 valence electrons. The molecule has 0 aliphatic heterocycles. The highest BCUT2D eigenvalue weighted by atomic mass is 127. The highest BCUT2D eigenvalue weighted by molar-refractivity contribution is 14.0. The van der Waals surface area contributed by atoms with E-state index in [-0.39, 0.29) is 42.2 Å². The Kier molecular flexibility index (Phi) is 12.8. The first kappa shape index (κ1) is 24.4. The van der Waals surface area contributed by atoms with Gasteiger partial charge in [0, 0.05) is 32.7 Å². The Labute approximate surface area is 172 Å². The number of rotatable bonds is 9. The molecule has 1 rings (SSSR count). The summed E-state index contributed by atoms with van der Waals surface area (Å²) in [7, 11) is 1.83. The molecule has 0 fully saturated rings. The Morgan fingerprint density at radius 2 is 1.96 bits per heavy atom. The Balaban J connectivity index is 0.00000625. The Morgan fingerprint density at radius 3 is 2.54 bits per heavy atom. The first-order valence-electron chi connectivity index (χ1n) is 8.67. The standard InChI is InChI=1S/C18H29FN4O2.HI/c1-5-20-18(22(4)14-17(24)23(6-2)7-3)21-11-12-25-16-10-8-9-15(19)13-16;/h8-10,13H,5-7,11-12,14H2,1-4H3,(H,20,21);1H. The lowest BCUT2D eigenvalue weighted by Gasteiger charge is -2.25. The molecule has 0 bridgehead atoms. The minimum atomic E-state index is -0.330. The molecule has 0 atom stereocenters. The molecular formula is C18H30FIN4O2. The van der Waals surface area contributed by atoms with E-state index in [2.05, 4.69) is 10.3 Å². The minimum Gasteiger partial charge on any atom is -0.492 e. The number of hydrogen-bond donors (Lipinski definition) is 1. The first-order valence-corrected chi connectivity index (χ1v) is 8.67. The fourth-order valence-corrected chi connectivity index (χ4v) is 2.30. The van der Waals surface area contributed by atoms with Crippen molar-refractivity contribution in [2.75, 3.05) is 46.4 Å². The van der Waals surface area contributed by atoms with Crippen molar-refractivity contribution in [3.63, 3.8) is 0 Å². The van der Waals surface area contributed by atoms with E-state index in [0.717, 1.165) is 0 Å². The molecule has 0 radical (unpaired) electrons. The van der Waals surface area contributed by atoms with Gasteiger partial charge in [-0.3, -0.25) is 4.79 Å². The largest absolute Gasteiger partial charge is 0.492 e. The average molecular weight is 480 g/mol. The molecule has 1 amide bonds. The number of amides is 1.